The van der Waals surface area contributed by atoms with Gasteiger partial charge in [-0.05, 0) is 65.5 Å². The second-order valence-corrected chi connectivity index (χ2v) is 13.4. The summed E-state index contributed by atoms with van der Waals surface area (Å²) in [7, 11) is 0. The number of aromatic nitrogens is 2. The SMILES string of the molecule is CCOC(=O)C12CC1/C=C\CCCCC[C@@H](NC(=O)OC(C)(C)C)C(=O)N1C[C@H](Oc3nc4ccccc4nc3Cl)CC1C(=O)N2. The molecule has 1 aromatic carbocycles. The monoisotopic (exact) mass is 655 g/mol. The molecule has 1 aliphatic carbocycles. The predicted molar refractivity (Wildman–Crippen MR) is 170 cm³/mol. The summed E-state index contributed by atoms with van der Waals surface area (Å²) < 4.78 is 17.0. The minimum atomic E-state index is -1.21. The van der Waals surface area contributed by atoms with E-state index in [0.717, 1.165) is 19.3 Å². The summed E-state index contributed by atoms with van der Waals surface area (Å²) in [5, 5.41) is 5.73. The van der Waals surface area contributed by atoms with Crippen molar-refractivity contribution >= 4 is 46.5 Å². The number of hydrogen-bond donors (Lipinski definition) is 2. The van der Waals surface area contributed by atoms with Crippen LogP contribution in [0.25, 0.3) is 11.0 Å². The van der Waals surface area contributed by atoms with Crippen molar-refractivity contribution in [2.45, 2.75) is 102 Å². The molecule has 2 fully saturated rings. The van der Waals surface area contributed by atoms with Crippen LogP contribution in [0.4, 0.5) is 4.79 Å². The number of nitrogens with zero attached hydrogens (tertiary/aromatic N) is 3. The van der Waals surface area contributed by atoms with Crippen LogP contribution in [0.1, 0.15) is 72.6 Å². The lowest BCUT2D eigenvalue weighted by Crippen LogP contribution is -2.56. The van der Waals surface area contributed by atoms with Crippen molar-refractivity contribution in [3.63, 3.8) is 0 Å². The quantitative estimate of drug-likeness (QED) is 0.351. The minimum Gasteiger partial charge on any atom is -0.470 e. The number of rotatable bonds is 5. The smallest absolute Gasteiger partial charge is 0.408 e. The minimum absolute atomic E-state index is 0.0178. The number of ether oxygens (including phenoxy) is 3. The second kappa shape index (κ2) is 13.8. The Labute approximate surface area is 273 Å². The summed E-state index contributed by atoms with van der Waals surface area (Å²) in [6, 6.07) is 5.26. The molecular formula is C33H42ClN5O7. The van der Waals surface area contributed by atoms with Gasteiger partial charge < -0.3 is 29.7 Å². The van der Waals surface area contributed by atoms with Crippen LogP contribution < -0.4 is 15.4 Å². The number of hydrogen-bond acceptors (Lipinski definition) is 9. The first-order valence-electron chi connectivity index (χ1n) is 15.9. The van der Waals surface area contributed by atoms with Gasteiger partial charge >= 0.3 is 12.1 Å². The molecule has 2 aromatic rings. The highest BCUT2D eigenvalue weighted by Gasteiger charge is 2.62. The van der Waals surface area contributed by atoms with Crippen LogP contribution in [0, 0.1) is 5.92 Å². The fraction of sp³-hybridized carbons (Fsp3) is 0.576. The number of allylic oxidation sites excluding steroid dienone is 1. The van der Waals surface area contributed by atoms with Crippen LogP contribution >= 0.6 is 11.6 Å². The first-order valence-corrected chi connectivity index (χ1v) is 16.3. The third kappa shape index (κ3) is 7.71. The standard InChI is InChI=1S/C33H42ClN5O7/c1-5-44-30(42)33-18-20(33)13-9-7-6-8-10-16-24(37-31(43)46-32(2,3)4)29(41)39-19-21(17-25(39)27(40)38-33)45-28-26(34)35-22-14-11-12-15-23(22)36-28/h9,11-15,20-21,24-25H,5-8,10,16-19H2,1-4H3,(H,37,43)(H,38,40)/b13-9-/t20?,21-,24-,25?,33?/m1/s1. The maximum absolute atomic E-state index is 14.2. The van der Waals surface area contributed by atoms with Gasteiger partial charge in [0.25, 0.3) is 5.88 Å². The van der Waals surface area contributed by atoms with Crippen LogP contribution in [0.5, 0.6) is 5.88 Å². The lowest BCUT2D eigenvalue weighted by molar-refractivity contribution is -0.150. The Bertz CT molecular complexity index is 1510. The molecule has 0 spiro atoms. The van der Waals surface area contributed by atoms with Gasteiger partial charge in [-0.3, -0.25) is 9.59 Å². The Morgan fingerprint density at radius 3 is 2.59 bits per heavy atom. The van der Waals surface area contributed by atoms with Crippen molar-refractivity contribution in [3.8, 4) is 5.88 Å². The van der Waals surface area contributed by atoms with Gasteiger partial charge in [-0.2, -0.15) is 0 Å². The van der Waals surface area contributed by atoms with E-state index < -0.39 is 53.2 Å². The highest BCUT2D eigenvalue weighted by molar-refractivity contribution is 6.31. The number of para-hydroxylation sites is 2. The number of esters is 1. The molecule has 5 atom stereocenters. The Morgan fingerprint density at radius 1 is 1.13 bits per heavy atom. The van der Waals surface area contributed by atoms with Gasteiger partial charge in [-0.15, -0.1) is 0 Å². The molecule has 2 aliphatic heterocycles. The molecule has 13 heteroatoms. The Hall–Kier alpha value is -3.93. The van der Waals surface area contributed by atoms with Gasteiger partial charge in [-0.1, -0.05) is 48.7 Å². The average molecular weight is 656 g/mol. The topological polar surface area (TPSA) is 149 Å². The first kappa shape index (κ1) is 33.4. The molecule has 12 nitrogen and oxygen atoms in total. The molecule has 3 heterocycles. The van der Waals surface area contributed by atoms with E-state index in [-0.39, 0.29) is 36.5 Å². The summed E-state index contributed by atoms with van der Waals surface area (Å²) in [5.74, 6) is -1.59. The highest BCUT2D eigenvalue weighted by atomic mass is 35.5. The molecule has 5 rings (SSSR count). The third-order valence-electron chi connectivity index (χ3n) is 8.35. The largest absolute Gasteiger partial charge is 0.470 e. The molecule has 3 unspecified atom stereocenters. The van der Waals surface area contributed by atoms with Gasteiger partial charge in [-0.25, -0.2) is 19.6 Å². The number of carbonyl (C=O) groups is 4. The third-order valence-corrected chi connectivity index (χ3v) is 8.59. The molecule has 46 heavy (non-hydrogen) atoms. The highest BCUT2D eigenvalue weighted by Crippen LogP contribution is 2.46. The molecule has 0 radical (unpaired) electrons. The molecule has 3 aliphatic rings. The Kier molecular flexibility index (Phi) is 10.0. The second-order valence-electron chi connectivity index (χ2n) is 13.0. The maximum Gasteiger partial charge on any atom is 0.408 e. The van der Waals surface area contributed by atoms with Crippen molar-refractivity contribution in [2.75, 3.05) is 13.2 Å². The molecule has 248 valence electrons. The zero-order valence-corrected chi connectivity index (χ0v) is 27.5. The number of alkyl carbamates (subject to hydrolysis) is 1. The summed E-state index contributed by atoms with van der Waals surface area (Å²) in [5.41, 5.74) is -0.800. The normalized spacial score (nSPS) is 27.7. The van der Waals surface area contributed by atoms with E-state index in [2.05, 4.69) is 20.6 Å². The molecular weight excluding hydrogens is 614 g/mol. The summed E-state index contributed by atoms with van der Waals surface area (Å²) in [6.07, 6.45) is 6.60. The van der Waals surface area contributed by atoms with Crippen LogP contribution in [0.15, 0.2) is 36.4 Å². The van der Waals surface area contributed by atoms with Crippen molar-refractivity contribution in [1.82, 2.24) is 25.5 Å². The maximum atomic E-state index is 14.2. The Morgan fingerprint density at radius 2 is 1.87 bits per heavy atom. The van der Waals surface area contributed by atoms with E-state index in [9.17, 15) is 19.2 Å². The van der Waals surface area contributed by atoms with E-state index in [1.54, 1.807) is 39.8 Å². The first-order chi connectivity index (χ1) is 21.9. The summed E-state index contributed by atoms with van der Waals surface area (Å²) in [4.78, 5) is 64.5. The van der Waals surface area contributed by atoms with Crippen molar-refractivity contribution < 1.29 is 33.4 Å². The number of fused-ring (bicyclic) bond motifs is 3. The number of nitrogens with one attached hydrogen (secondary N) is 2. The fourth-order valence-corrected chi connectivity index (χ4v) is 6.22. The van der Waals surface area contributed by atoms with Gasteiger partial charge in [0.05, 0.1) is 24.2 Å². The fourth-order valence-electron chi connectivity index (χ4n) is 6.04. The summed E-state index contributed by atoms with van der Waals surface area (Å²) >= 11 is 6.43. The van der Waals surface area contributed by atoms with Gasteiger partial charge in [0.1, 0.15) is 29.3 Å². The van der Waals surface area contributed by atoms with E-state index in [0.29, 0.717) is 30.3 Å². The van der Waals surface area contributed by atoms with Crippen LogP contribution in [0.2, 0.25) is 5.15 Å². The van der Waals surface area contributed by atoms with E-state index in [1.807, 2.05) is 24.3 Å². The van der Waals surface area contributed by atoms with Gasteiger partial charge in [0, 0.05) is 12.3 Å². The number of carbonyl (C=O) groups excluding carboxylic acids is 4. The number of benzene rings is 1. The predicted octanol–water partition coefficient (Wildman–Crippen LogP) is 4.48. The van der Waals surface area contributed by atoms with Gasteiger partial charge in [0.2, 0.25) is 11.8 Å². The van der Waals surface area contributed by atoms with Crippen molar-refractivity contribution in [3.05, 3.63) is 41.6 Å². The van der Waals surface area contributed by atoms with E-state index in [4.69, 9.17) is 25.8 Å². The van der Waals surface area contributed by atoms with Crippen molar-refractivity contribution in [2.24, 2.45) is 5.92 Å². The van der Waals surface area contributed by atoms with Crippen molar-refractivity contribution in [1.29, 1.82) is 0 Å². The zero-order chi connectivity index (χ0) is 33.1. The Balaban J connectivity index is 1.45. The zero-order valence-electron chi connectivity index (χ0n) is 26.7. The molecule has 2 N–H and O–H groups in total. The van der Waals surface area contributed by atoms with Crippen LogP contribution in [0.3, 0.4) is 0 Å². The lowest BCUT2D eigenvalue weighted by atomic mass is 10.0. The molecule has 1 aromatic heterocycles. The van der Waals surface area contributed by atoms with E-state index >= 15 is 0 Å². The molecule has 3 amide bonds. The number of halogens is 1. The lowest BCUT2D eigenvalue weighted by Gasteiger charge is -2.30. The molecule has 1 saturated heterocycles. The van der Waals surface area contributed by atoms with Crippen LogP contribution in [-0.4, -0.2) is 81.2 Å². The molecule has 0 bridgehead atoms. The van der Waals surface area contributed by atoms with Crippen LogP contribution in [-0.2, 0) is 23.9 Å². The van der Waals surface area contributed by atoms with Gasteiger partial charge in [0.15, 0.2) is 5.15 Å². The van der Waals surface area contributed by atoms with E-state index in [1.165, 1.54) is 4.90 Å². The number of amides is 3. The molecule has 1 saturated carbocycles. The average Bonchev–Trinajstić information content (AvgIpc) is 3.52. The summed E-state index contributed by atoms with van der Waals surface area (Å²) in [6.45, 7) is 7.13.